The molecule has 1 aromatic carbocycles. The monoisotopic (exact) mass is 295 g/mol. The Kier molecular flexibility index (Phi) is 5.31. The highest BCUT2D eigenvalue weighted by Gasteiger charge is 2.18. The minimum atomic E-state index is -0.358. The first kappa shape index (κ1) is 15.2. The number of hydrogen-bond acceptors (Lipinski definition) is 3. The van der Waals surface area contributed by atoms with E-state index in [4.69, 9.17) is 18.0 Å². The molecule has 1 aliphatic rings. The van der Waals surface area contributed by atoms with Crippen LogP contribution in [0.25, 0.3) is 0 Å². The Hall–Kier alpha value is -1.20. The van der Waals surface area contributed by atoms with Gasteiger partial charge in [0.15, 0.2) is 0 Å². The number of halogens is 1. The van der Waals surface area contributed by atoms with Crippen molar-refractivity contribution in [3.8, 4) is 0 Å². The van der Waals surface area contributed by atoms with E-state index in [1.807, 2.05) is 6.07 Å². The maximum absolute atomic E-state index is 13.7. The second-order valence-corrected chi connectivity index (χ2v) is 5.73. The average Bonchev–Trinajstić information content (AvgIpc) is 2.45. The molecule has 110 valence electrons. The minimum Gasteiger partial charge on any atom is -0.389 e. The summed E-state index contributed by atoms with van der Waals surface area (Å²) in [4.78, 5) is 2.56. The molecule has 1 aliphatic heterocycles. The van der Waals surface area contributed by atoms with Crippen LogP contribution in [0.5, 0.6) is 0 Å². The van der Waals surface area contributed by atoms with Crippen molar-refractivity contribution in [2.75, 3.05) is 31.5 Å². The summed E-state index contributed by atoms with van der Waals surface area (Å²) in [7, 11) is 0. The molecule has 0 aliphatic carbocycles. The smallest absolute Gasteiger partial charge is 0.135 e. The summed E-state index contributed by atoms with van der Waals surface area (Å²) < 4.78 is 13.7. The van der Waals surface area contributed by atoms with Gasteiger partial charge in [-0.25, -0.2) is 4.39 Å². The number of thiocarbonyl (C=S) groups is 1. The lowest BCUT2D eigenvalue weighted by atomic mass is 9.96. The second-order valence-electron chi connectivity index (χ2n) is 5.29. The number of hydrogen-bond donors (Lipinski definition) is 2. The first-order valence-electron chi connectivity index (χ1n) is 7.16. The predicted octanol–water partition coefficient (Wildman–Crippen LogP) is 2.60. The van der Waals surface area contributed by atoms with Crippen LogP contribution >= 0.6 is 12.2 Å². The molecule has 0 atom stereocenters. The molecule has 1 fully saturated rings. The summed E-state index contributed by atoms with van der Waals surface area (Å²) in [5.74, 6) is 0.267. The molecule has 3 nitrogen and oxygen atoms in total. The van der Waals surface area contributed by atoms with E-state index in [0.29, 0.717) is 17.2 Å². The summed E-state index contributed by atoms with van der Waals surface area (Å²) in [6.07, 6.45) is 2.36. The number of anilines is 1. The lowest BCUT2D eigenvalue weighted by molar-refractivity contribution is 0.198. The van der Waals surface area contributed by atoms with Crippen LogP contribution in [-0.2, 0) is 0 Å². The summed E-state index contributed by atoms with van der Waals surface area (Å²) in [5.41, 5.74) is 6.64. The minimum absolute atomic E-state index is 0.103. The Balaban J connectivity index is 1.95. The lowest BCUT2D eigenvalue weighted by Crippen LogP contribution is -2.35. The van der Waals surface area contributed by atoms with Gasteiger partial charge in [0.2, 0.25) is 0 Å². The highest BCUT2D eigenvalue weighted by Crippen LogP contribution is 2.22. The molecule has 1 aromatic rings. The Labute approximate surface area is 125 Å². The molecular weight excluding hydrogens is 273 g/mol. The van der Waals surface area contributed by atoms with Crippen molar-refractivity contribution in [2.45, 2.75) is 19.8 Å². The molecule has 1 saturated heterocycles. The number of likely N-dealkylation sites (tertiary alicyclic amines) is 1. The van der Waals surface area contributed by atoms with Gasteiger partial charge < -0.3 is 16.0 Å². The average molecular weight is 295 g/mol. The van der Waals surface area contributed by atoms with Crippen LogP contribution in [0, 0.1) is 11.7 Å². The van der Waals surface area contributed by atoms with Gasteiger partial charge in [-0.2, -0.15) is 0 Å². The first-order valence-corrected chi connectivity index (χ1v) is 7.57. The molecule has 0 saturated carbocycles. The van der Waals surface area contributed by atoms with E-state index in [1.165, 1.54) is 18.9 Å². The van der Waals surface area contributed by atoms with Gasteiger partial charge in [0.25, 0.3) is 0 Å². The number of nitrogens with zero attached hydrogens (tertiary/aromatic N) is 1. The van der Waals surface area contributed by atoms with Crippen molar-refractivity contribution in [2.24, 2.45) is 11.7 Å². The van der Waals surface area contributed by atoms with E-state index in [1.54, 1.807) is 6.07 Å². The predicted molar refractivity (Wildman–Crippen MR) is 85.6 cm³/mol. The zero-order valence-electron chi connectivity index (χ0n) is 11.9. The number of piperidine rings is 1. The van der Waals surface area contributed by atoms with Crippen molar-refractivity contribution in [1.29, 1.82) is 0 Å². The largest absolute Gasteiger partial charge is 0.389 e. The van der Waals surface area contributed by atoms with Gasteiger partial charge in [-0.1, -0.05) is 25.2 Å². The standard InChI is InChI=1S/C15H22FN3S/c1-2-19-8-6-11(7-9-19)10-18-13-5-3-4-12(16)14(13)15(17)20/h3-5,11,18H,2,6-10H2,1H3,(H2,17,20). The van der Waals surface area contributed by atoms with Gasteiger partial charge in [0.05, 0.1) is 5.56 Å². The van der Waals surface area contributed by atoms with E-state index < -0.39 is 0 Å². The fourth-order valence-corrected chi connectivity index (χ4v) is 2.89. The number of rotatable bonds is 5. The van der Waals surface area contributed by atoms with Gasteiger partial charge in [-0.3, -0.25) is 0 Å². The van der Waals surface area contributed by atoms with Gasteiger partial charge >= 0.3 is 0 Å². The van der Waals surface area contributed by atoms with Crippen LogP contribution in [0.2, 0.25) is 0 Å². The topological polar surface area (TPSA) is 41.3 Å². The third kappa shape index (κ3) is 3.67. The Bertz CT molecular complexity index is 470. The molecule has 0 bridgehead atoms. The Morgan fingerprint density at radius 1 is 1.45 bits per heavy atom. The number of nitrogens with two attached hydrogens (primary N) is 1. The molecular formula is C15H22FN3S. The van der Waals surface area contributed by atoms with Crippen LogP contribution in [0.3, 0.4) is 0 Å². The van der Waals surface area contributed by atoms with Gasteiger partial charge in [-0.15, -0.1) is 0 Å². The molecule has 5 heteroatoms. The van der Waals surface area contributed by atoms with Crippen LogP contribution < -0.4 is 11.1 Å². The lowest BCUT2D eigenvalue weighted by Gasteiger charge is -2.31. The van der Waals surface area contributed by atoms with E-state index in [2.05, 4.69) is 17.1 Å². The zero-order valence-corrected chi connectivity index (χ0v) is 12.7. The number of benzene rings is 1. The summed E-state index contributed by atoms with van der Waals surface area (Å²) in [6.45, 7) is 6.45. The maximum Gasteiger partial charge on any atom is 0.135 e. The molecule has 0 amide bonds. The highest BCUT2D eigenvalue weighted by atomic mass is 32.1. The SMILES string of the molecule is CCN1CCC(CNc2cccc(F)c2C(N)=S)CC1. The van der Waals surface area contributed by atoms with Crippen molar-refractivity contribution in [3.63, 3.8) is 0 Å². The maximum atomic E-state index is 13.7. The van der Waals surface area contributed by atoms with Gasteiger partial charge in [-0.05, 0) is 50.5 Å². The normalized spacial score (nSPS) is 17.1. The number of nitrogens with one attached hydrogen (secondary N) is 1. The first-order chi connectivity index (χ1) is 9.61. The molecule has 1 heterocycles. The van der Waals surface area contributed by atoms with Crippen molar-refractivity contribution in [3.05, 3.63) is 29.6 Å². The fraction of sp³-hybridized carbons (Fsp3) is 0.533. The molecule has 0 unspecified atom stereocenters. The molecule has 0 aromatic heterocycles. The third-order valence-electron chi connectivity index (χ3n) is 4.00. The zero-order chi connectivity index (χ0) is 14.5. The van der Waals surface area contributed by atoms with E-state index in [0.717, 1.165) is 26.2 Å². The van der Waals surface area contributed by atoms with Crippen LogP contribution in [0.4, 0.5) is 10.1 Å². The highest BCUT2D eigenvalue weighted by molar-refractivity contribution is 7.80. The third-order valence-corrected chi connectivity index (χ3v) is 4.20. The van der Waals surface area contributed by atoms with E-state index in [9.17, 15) is 4.39 Å². The van der Waals surface area contributed by atoms with Crippen molar-refractivity contribution >= 4 is 22.9 Å². The van der Waals surface area contributed by atoms with Crippen molar-refractivity contribution < 1.29 is 4.39 Å². The van der Waals surface area contributed by atoms with E-state index >= 15 is 0 Å². The fourth-order valence-electron chi connectivity index (χ4n) is 2.68. The Morgan fingerprint density at radius 3 is 2.75 bits per heavy atom. The van der Waals surface area contributed by atoms with Crippen LogP contribution in [-0.4, -0.2) is 36.1 Å². The van der Waals surface area contributed by atoms with Gasteiger partial charge in [0.1, 0.15) is 10.8 Å². The second kappa shape index (κ2) is 6.99. The molecule has 0 spiro atoms. The van der Waals surface area contributed by atoms with Crippen molar-refractivity contribution in [1.82, 2.24) is 4.90 Å². The molecule has 0 radical (unpaired) electrons. The summed E-state index contributed by atoms with van der Waals surface area (Å²) in [6, 6.07) is 4.90. The molecule has 2 rings (SSSR count). The molecule has 3 N–H and O–H groups in total. The van der Waals surface area contributed by atoms with Gasteiger partial charge in [0, 0.05) is 12.2 Å². The van der Waals surface area contributed by atoms with Crippen LogP contribution in [0.15, 0.2) is 18.2 Å². The van der Waals surface area contributed by atoms with Crippen LogP contribution in [0.1, 0.15) is 25.3 Å². The summed E-state index contributed by atoms with van der Waals surface area (Å²) in [5, 5.41) is 3.31. The Morgan fingerprint density at radius 2 is 2.15 bits per heavy atom. The molecule has 20 heavy (non-hydrogen) atoms. The summed E-state index contributed by atoms with van der Waals surface area (Å²) >= 11 is 4.93. The quantitative estimate of drug-likeness (QED) is 0.819. The van der Waals surface area contributed by atoms with E-state index in [-0.39, 0.29) is 10.8 Å².